The zero-order chi connectivity index (χ0) is 13.2. The van der Waals surface area contributed by atoms with Crippen molar-refractivity contribution in [2.75, 3.05) is 6.54 Å². The van der Waals surface area contributed by atoms with Gasteiger partial charge >= 0.3 is 0 Å². The molecule has 1 saturated carbocycles. The second-order valence-electron chi connectivity index (χ2n) is 6.35. The van der Waals surface area contributed by atoms with Gasteiger partial charge in [0.1, 0.15) is 5.84 Å². The zero-order valence-corrected chi connectivity index (χ0v) is 11.9. The topological polar surface area (TPSA) is 27.1 Å². The molecule has 2 unspecified atom stereocenters. The Balaban J connectivity index is 1.56. The maximum atomic E-state index is 8.27. The molecular weight excluding hydrogens is 232 g/mol. The van der Waals surface area contributed by atoms with E-state index in [1.807, 2.05) is 6.07 Å². The molecule has 19 heavy (non-hydrogen) atoms. The summed E-state index contributed by atoms with van der Waals surface area (Å²) >= 11 is 0. The van der Waals surface area contributed by atoms with Crippen LogP contribution in [-0.2, 0) is 6.54 Å². The first kappa shape index (κ1) is 12.7. The quantitative estimate of drug-likeness (QED) is 0.868. The minimum Gasteiger partial charge on any atom is -0.352 e. The van der Waals surface area contributed by atoms with E-state index in [-0.39, 0.29) is 0 Å². The number of rotatable bonds is 3. The van der Waals surface area contributed by atoms with E-state index in [1.54, 1.807) is 0 Å². The van der Waals surface area contributed by atoms with Crippen molar-refractivity contribution >= 4 is 5.84 Å². The van der Waals surface area contributed by atoms with Gasteiger partial charge in [0.15, 0.2) is 0 Å². The van der Waals surface area contributed by atoms with Crippen LogP contribution in [0, 0.1) is 17.2 Å². The normalized spacial score (nSPS) is 26.6. The van der Waals surface area contributed by atoms with Crippen molar-refractivity contribution in [3.8, 4) is 0 Å². The van der Waals surface area contributed by atoms with Gasteiger partial charge in [-0.05, 0) is 30.2 Å². The molecule has 2 atom stereocenters. The summed E-state index contributed by atoms with van der Waals surface area (Å²) < 4.78 is 0. The standard InChI is InChI=1S/C17H24N2/c1-13-5-4-6-14(11-13)9-10-19-12-15-7-2-3-8-16(15)17(19)18/h2-3,7-8,13-14,18H,4-6,9-12H2,1H3. The second-order valence-corrected chi connectivity index (χ2v) is 6.35. The molecule has 3 rings (SSSR count). The van der Waals surface area contributed by atoms with Gasteiger partial charge in [-0.2, -0.15) is 0 Å². The molecule has 2 nitrogen and oxygen atoms in total. The summed E-state index contributed by atoms with van der Waals surface area (Å²) in [6.45, 7) is 4.39. The van der Waals surface area contributed by atoms with Crippen molar-refractivity contribution in [2.45, 2.75) is 45.6 Å². The summed E-state index contributed by atoms with van der Waals surface area (Å²) in [7, 11) is 0. The van der Waals surface area contributed by atoms with Crippen molar-refractivity contribution in [1.29, 1.82) is 5.41 Å². The third-order valence-electron chi connectivity index (χ3n) is 4.80. The van der Waals surface area contributed by atoms with E-state index in [0.29, 0.717) is 0 Å². The number of benzene rings is 1. The molecule has 0 bridgehead atoms. The smallest absolute Gasteiger partial charge is 0.128 e. The van der Waals surface area contributed by atoms with Crippen LogP contribution in [0.5, 0.6) is 0 Å². The van der Waals surface area contributed by atoms with Gasteiger partial charge in [-0.1, -0.05) is 50.5 Å². The molecule has 0 radical (unpaired) electrons. The highest BCUT2D eigenvalue weighted by Gasteiger charge is 2.25. The molecule has 1 heterocycles. The highest BCUT2D eigenvalue weighted by atomic mass is 15.2. The molecule has 1 aromatic rings. The molecule has 1 aliphatic carbocycles. The predicted octanol–water partition coefficient (Wildman–Crippen LogP) is 4.04. The first-order valence-corrected chi connectivity index (χ1v) is 7.66. The highest BCUT2D eigenvalue weighted by Crippen LogP contribution is 2.31. The Hall–Kier alpha value is -1.31. The fourth-order valence-electron chi connectivity index (χ4n) is 3.70. The van der Waals surface area contributed by atoms with Crippen molar-refractivity contribution in [2.24, 2.45) is 11.8 Å². The van der Waals surface area contributed by atoms with Crippen molar-refractivity contribution in [3.05, 3.63) is 35.4 Å². The first-order valence-electron chi connectivity index (χ1n) is 7.66. The largest absolute Gasteiger partial charge is 0.352 e. The van der Waals surface area contributed by atoms with Crippen LogP contribution in [0.25, 0.3) is 0 Å². The van der Waals surface area contributed by atoms with Crippen molar-refractivity contribution in [3.63, 3.8) is 0 Å². The third kappa shape index (κ3) is 2.68. The van der Waals surface area contributed by atoms with Gasteiger partial charge in [0.25, 0.3) is 0 Å². The van der Waals surface area contributed by atoms with Gasteiger partial charge in [0.05, 0.1) is 0 Å². The average Bonchev–Trinajstić information content (AvgIpc) is 2.74. The summed E-state index contributed by atoms with van der Waals surface area (Å²) in [6.07, 6.45) is 6.89. The number of hydrogen-bond donors (Lipinski definition) is 1. The fraction of sp³-hybridized carbons (Fsp3) is 0.588. The molecule has 1 fully saturated rings. The lowest BCUT2D eigenvalue weighted by Gasteiger charge is -2.28. The average molecular weight is 256 g/mol. The van der Waals surface area contributed by atoms with Gasteiger partial charge in [0.2, 0.25) is 0 Å². The lowest BCUT2D eigenvalue weighted by atomic mass is 9.81. The minimum atomic E-state index is 0.736. The maximum Gasteiger partial charge on any atom is 0.128 e. The number of amidine groups is 1. The lowest BCUT2D eigenvalue weighted by Crippen LogP contribution is -2.27. The molecule has 1 aliphatic heterocycles. The van der Waals surface area contributed by atoms with E-state index in [2.05, 4.69) is 30.0 Å². The summed E-state index contributed by atoms with van der Waals surface area (Å²) in [5.74, 6) is 2.54. The van der Waals surface area contributed by atoms with E-state index in [1.165, 1.54) is 37.7 Å². The molecule has 0 aromatic heterocycles. The highest BCUT2D eigenvalue weighted by molar-refractivity contribution is 6.00. The summed E-state index contributed by atoms with van der Waals surface area (Å²) in [5.41, 5.74) is 2.46. The van der Waals surface area contributed by atoms with Gasteiger partial charge in [-0.15, -0.1) is 0 Å². The molecule has 2 heteroatoms. The Bertz CT molecular complexity index is 466. The molecule has 1 aromatic carbocycles. The lowest BCUT2D eigenvalue weighted by molar-refractivity contribution is 0.249. The van der Waals surface area contributed by atoms with E-state index in [0.717, 1.165) is 36.3 Å². The zero-order valence-electron chi connectivity index (χ0n) is 11.9. The number of hydrogen-bond acceptors (Lipinski definition) is 1. The number of nitrogens with zero attached hydrogens (tertiary/aromatic N) is 1. The van der Waals surface area contributed by atoms with Crippen LogP contribution in [0.2, 0.25) is 0 Å². The summed E-state index contributed by atoms with van der Waals surface area (Å²) in [5, 5.41) is 8.27. The van der Waals surface area contributed by atoms with Crippen LogP contribution in [-0.4, -0.2) is 17.3 Å². The Labute approximate surface area is 116 Å². The second kappa shape index (κ2) is 5.36. The first-order chi connectivity index (χ1) is 9.24. The molecule has 0 saturated heterocycles. The van der Waals surface area contributed by atoms with Crippen LogP contribution < -0.4 is 0 Å². The Morgan fingerprint density at radius 1 is 1.26 bits per heavy atom. The fourth-order valence-corrected chi connectivity index (χ4v) is 3.70. The third-order valence-corrected chi connectivity index (χ3v) is 4.80. The molecule has 1 N–H and O–H groups in total. The summed E-state index contributed by atoms with van der Waals surface area (Å²) in [4.78, 5) is 2.25. The van der Waals surface area contributed by atoms with Gasteiger partial charge in [-0.25, -0.2) is 0 Å². The Kier molecular flexibility index (Phi) is 3.58. The van der Waals surface area contributed by atoms with Gasteiger partial charge in [-0.3, -0.25) is 5.41 Å². The van der Waals surface area contributed by atoms with Gasteiger partial charge in [0, 0.05) is 18.7 Å². The van der Waals surface area contributed by atoms with Crippen LogP contribution >= 0.6 is 0 Å². The SMILES string of the molecule is CC1CCCC(CCN2Cc3ccccc3C2=N)C1. The van der Waals surface area contributed by atoms with Crippen LogP contribution in [0.4, 0.5) is 0 Å². The molecular formula is C17H24N2. The van der Waals surface area contributed by atoms with E-state index < -0.39 is 0 Å². The minimum absolute atomic E-state index is 0.736. The van der Waals surface area contributed by atoms with Crippen molar-refractivity contribution in [1.82, 2.24) is 4.90 Å². The number of fused-ring (bicyclic) bond motifs is 1. The Morgan fingerprint density at radius 3 is 2.89 bits per heavy atom. The van der Waals surface area contributed by atoms with Crippen LogP contribution in [0.15, 0.2) is 24.3 Å². The Morgan fingerprint density at radius 2 is 2.11 bits per heavy atom. The van der Waals surface area contributed by atoms with E-state index in [4.69, 9.17) is 5.41 Å². The predicted molar refractivity (Wildman–Crippen MR) is 79.4 cm³/mol. The molecule has 2 aliphatic rings. The molecule has 0 spiro atoms. The van der Waals surface area contributed by atoms with E-state index in [9.17, 15) is 0 Å². The molecule has 0 amide bonds. The number of nitrogens with one attached hydrogen (secondary N) is 1. The van der Waals surface area contributed by atoms with Crippen molar-refractivity contribution < 1.29 is 0 Å². The van der Waals surface area contributed by atoms with Gasteiger partial charge < -0.3 is 4.90 Å². The molecule has 102 valence electrons. The summed E-state index contributed by atoms with van der Waals surface area (Å²) in [6, 6.07) is 8.37. The van der Waals surface area contributed by atoms with Crippen LogP contribution in [0.1, 0.15) is 50.2 Å². The van der Waals surface area contributed by atoms with E-state index >= 15 is 0 Å². The maximum absolute atomic E-state index is 8.27. The monoisotopic (exact) mass is 256 g/mol. The van der Waals surface area contributed by atoms with Crippen LogP contribution in [0.3, 0.4) is 0 Å².